The van der Waals surface area contributed by atoms with Gasteiger partial charge >= 0.3 is 0 Å². The quantitative estimate of drug-likeness (QED) is 0.453. The molecule has 0 heterocycles. The van der Waals surface area contributed by atoms with Crippen LogP contribution in [0.3, 0.4) is 0 Å². The van der Waals surface area contributed by atoms with E-state index in [9.17, 15) is 0 Å². The van der Waals surface area contributed by atoms with E-state index < -0.39 is 7.92 Å². The molecule has 1 atom stereocenters. The fourth-order valence-electron chi connectivity index (χ4n) is 2.98. The van der Waals surface area contributed by atoms with Gasteiger partial charge in [-0.3, -0.25) is 0 Å². The minimum Gasteiger partial charge on any atom is -0.0840 e. The van der Waals surface area contributed by atoms with Crippen LogP contribution in [0.4, 0.5) is 0 Å². The molecule has 25 heavy (non-hydrogen) atoms. The molecule has 0 bridgehead atoms. The zero-order valence-corrected chi connectivity index (χ0v) is 16.8. The second kappa shape index (κ2) is 8.37. The molecule has 3 aromatic carbocycles. The van der Waals surface area contributed by atoms with Gasteiger partial charge in [-0.2, -0.15) is 0 Å². The van der Waals surface area contributed by atoms with E-state index in [1.54, 1.807) is 0 Å². The molecule has 0 nitrogen and oxygen atoms in total. The summed E-state index contributed by atoms with van der Waals surface area (Å²) in [7, 11) is -0.683. The molecule has 3 heteroatoms. The molecule has 0 aliphatic carbocycles. The Hall–Kier alpha value is -1.33. The second-order valence-electron chi connectivity index (χ2n) is 6.14. The van der Waals surface area contributed by atoms with Crippen molar-refractivity contribution in [3.05, 3.63) is 88.4 Å². The molecule has 0 saturated carbocycles. The molecular formula is C22H21Cl2P. The van der Waals surface area contributed by atoms with Crippen molar-refractivity contribution in [1.82, 2.24) is 0 Å². The van der Waals surface area contributed by atoms with Crippen molar-refractivity contribution in [2.45, 2.75) is 26.2 Å². The topological polar surface area (TPSA) is 0 Å². The molecule has 3 rings (SSSR count). The Labute approximate surface area is 161 Å². The van der Waals surface area contributed by atoms with Crippen molar-refractivity contribution < 1.29 is 0 Å². The summed E-state index contributed by atoms with van der Waals surface area (Å²) in [6.45, 7) is 4.33. The van der Waals surface area contributed by atoms with Gasteiger partial charge in [0, 0.05) is 10.0 Å². The van der Waals surface area contributed by atoms with Gasteiger partial charge in [0.1, 0.15) is 0 Å². The predicted molar refractivity (Wildman–Crippen MR) is 114 cm³/mol. The fraction of sp³-hybridized carbons (Fsp3) is 0.182. The Kier molecular flexibility index (Phi) is 6.18. The minimum atomic E-state index is -0.683. The Morgan fingerprint density at radius 1 is 0.760 bits per heavy atom. The Bertz CT molecular complexity index is 769. The van der Waals surface area contributed by atoms with Crippen molar-refractivity contribution in [3.8, 4) is 0 Å². The largest absolute Gasteiger partial charge is 0.0840 e. The van der Waals surface area contributed by atoms with Gasteiger partial charge in [0.25, 0.3) is 0 Å². The monoisotopic (exact) mass is 386 g/mol. The molecule has 1 unspecified atom stereocenters. The van der Waals surface area contributed by atoms with Gasteiger partial charge in [0.15, 0.2) is 0 Å². The number of halogens is 2. The lowest BCUT2D eigenvalue weighted by atomic mass is 9.99. The van der Waals surface area contributed by atoms with E-state index in [0.717, 1.165) is 22.0 Å². The van der Waals surface area contributed by atoms with Gasteiger partial charge < -0.3 is 0 Å². The van der Waals surface area contributed by atoms with E-state index in [2.05, 4.69) is 74.5 Å². The molecule has 3 aromatic rings. The zero-order valence-electron chi connectivity index (χ0n) is 14.4. The molecule has 128 valence electrons. The highest BCUT2D eigenvalue weighted by atomic mass is 35.5. The van der Waals surface area contributed by atoms with Crippen LogP contribution < -0.4 is 15.9 Å². The summed E-state index contributed by atoms with van der Waals surface area (Å²) in [5, 5.41) is 5.33. The van der Waals surface area contributed by atoms with Crippen molar-refractivity contribution in [2.24, 2.45) is 0 Å². The van der Waals surface area contributed by atoms with Gasteiger partial charge in [-0.25, -0.2) is 0 Å². The van der Waals surface area contributed by atoms with Gasteiger partial charge in [-0.1, -0.05) is 97.7 Å². The maximum absolute atomic E-state index is 6.65. The fourth-order valence-corrected chi connectivity index (χ4v) is 6.34. The molecule has 0 spiro atoms. The van der Waals surface area contributed by atoms with E-state index in [0.29, 0.717) is 5.92 Å². The first-order chi connectivity index (χ1) is 12.1. The average Bonchev–Trinajstić information content (AvgIpc) is 2.63. The number of hydrogen-bond acceptors (Lipinski definition) is 0. The molecule has 0 aromatic heterocycles. The lowest BCUT2D eigenvalue weighted by molar-refractivity contribution is 0.734. The van der Waals surface area contributed by atoms with Gasteiger partial charge in [0.05, 0.1) is 0 Å². The Morgan fingerprint density at radius 2 is 1.20 bits per heavy atom. The molecule has 0 fully saturated rings. The SMILES string of the molecule is CCC(C)c1c(Cl)cc(P(c2ccccc2)c2ccccc2)cc1Cl. The standard InChI is InChI=1S/C22H21Cl2P/c1-3-16(2)22-20(23)14-19(15-21(22)24)25(17-10-6-4-7-11-17)18-12-8-5-9-13-18/h4-16H,3H2,1-2H3. The third-order valence-corrected chi connectivity index (χ3v) is 7.49. The van der Waals surface area contributed by atoms with Crippen LogP contribution in [0.1, 0.15) is 31.7 Å². The van der Waals surface area contributed by atoms with Gasteiger partial charge in [0.2, 0.25) is 0 Å². The molecule has 0 aliphatic heterocycles. The Morgan fingerprint density at radius 3 is 1.60 bits per heavy atom. The summed E-state index contributed by atoms with van der Waals surface area (Å²) in [4.78, 5) is 0. The first kappa shape index (κ1) is 18.5. The number of hydrogen-bond donors (Lipinski definition) is 0. The van der Waals surface area contributed by atoms with E-state index in [-0.39, 0.29) is 0 Å². The van der Waals surface area contributed by atoms with Crippen LogP contribution in [0.5, 0.6) is 0 Å². The maximum atomic E-state index is 6.65. The normalized spacial score (nSPS) is 12.4. The summed E-state index contributed by atoms with van der Waals surface area (Å²) in [5.41, 5.74) is 1.06. The van der Waals surface area contributed by atoms with Crippen molar-refractivity contribution in [1.29, 1.82) is 0 Å². The number of benzene rings is 3. The molecule has 0 amide bonds. The van der Waals surface area contributed by atoms with Crippen LogP contribution >= 0.6 is 31.1 Å². The summed E-state index contributed by atoms with van der Waals surface area (Å²) in [5.74, 6) is 0.355. The van der Waals surface area contributed by atoms with Gasteiger partial charge in [-0.15, -0.1) is 0 Å². The molecule has 0 saturated heterocycles. The number of rotatable bonds is 5. The van der Waals surface area contributed by atoms with Crippen LogP contribution in [0, 0.1) is 0 Å². The van der Waals surface area contributed by atoms with E-state index >= 15 is 0 Å². The smallest absolute Gasteiger partial charge is 0.0462 e. The van der Waals surface area contributed by atoms with Gasteiger partial charge in [-0.05, 0) is 53.9 Å². The van der Waals surface area contributed by atoms with E-state index in [1.165, 1.54) is 15.9 Å². The molecule has 0 aliphatic rings. The molecule has 0 N–H and O–H groups in total. The highest BCUT2D eigenvalue weighted by Crippen LogP contribution is 2.38. The first-order valence-electron chi connectivity index (χ1n) is 8.51. The summed E-state index contributed by atoms with van der Waals surface area (Å²) in [6.07, 6.45) is 1.02. The summed E-state index contributed by atoms with van der Waals surface area (Å²) >= 11 is 13.3. The predicted octanol–water partition coefficient (Wildman–Crippen LogP) is 6.27. The summed E-state index contributed by atoms with van der Waals surface area (Å²) in [6, 6.07) is 25.4. The van der Waals surface area contributed by atoms with Crippen molar-refractivity contribution >= 4 is 47.0 Å². The van der Waals surface area contributed by atoms with Crippen LogP contribution in [-0.2, 0) is 0 Å². The minimum absolute atomic E-state index is 0.355. The maximum Gasteiger partial charge on any atom is 0.0462 e. The van der Waals surface area contributed by atoms with Crippen LogP contribution in [0.25, 0.3) is 0 Å². The lowest BCUT2D eigenvalue weighted by Crippen LogP contribution is -2.21. The summed E-state index contributed by atoms with van der Waals surface area (Å²) < 4.78 is 0. The first-order valence-corrected chi connectivity index (χ1v) is 10.6. The van der Waals surface area contributed by atoms with E-state index in [4.69, 9.17) is 23.2 Å². The second-order valence-corrected chi connectivity index (χ2v) is 9.17. The molecule has 0 radical (unpaired) electrons. The zero-order chi connectivity index (χ0) is 17.8. The van der Waals surface area contributed by atoms with Crippen LogP contribution in [0.15, 0.2) is 72.8 Å². The lowest BCUT2D eigenvalue weighted by Gasteiger charge is -2.22. The highest BCUT2D eigenvalue weighted by Gasteiger charge is 2.20. The third-order valence-electron chi connectivity index (χ3n) is 4.46. The Balaban J connectivity index is 2.15. The van der Waals surface area contributed by atoms with Crippen LogP contribution in [0.2, 0.25) is 10.0 Å². The van der Waals surface area contributed by atoms with Crippen molar-refractivity contribution in [3.63, 3.8) is 0 Å². The van der Waals surface area contributed by atoms with E-state index in [1.807, 2.05) is 12.1 Å². The average molecular weight is 387 g/mol. The van der Waals surface area contributed by atoms with Crippen LogP contribution in [-0.4, -0.2) is 0 Å². The third kappa shape index (κ3) is 4.09. The molecular weight excluding hydrogens is 366 g/mol. The highest BCUT2D eigenvalue weighted by molar-refractivity contribution is 7.79. The van der Waals surface area contributed by atoms with Crippen molar-refractivity contribution in [2.75, 3.05) is 0 Å².